The number of benzene rings is 2. The zero-order chi connectivity index (χ0) is 26.6. The van der Waals surface area contributed by atoms with E-state index in [0.717, 1.165) is 0 Å². The molecule has 0 aliphatic heterocycles. The standard InChI is InChI=1S/C26H30O10/c1-3-26(2,12-13-27)36-25(32)21-10-8-20(9-11-21)24(31)35-17-16-34-23(30)19-6-4-18(5-7-19)22(29)33-15-14-28/h4-11,27-28H,3,12-17H2,1-2H3. The molecule has 1 atom stereocenters. The lowest BCUT2D eigenvalue weighted by Crippen LogP contribution is -2.32. The number of rotatable bonds is 13. The van der Waals surface area contributed by atoms with Crippen LogP contribution in [-0.2, 0) is 18.9 Å². The van der Waals surface area contributed by atoms with Crippen LogP contribution in [0.25, 0.3) is 0 Å². The first kappa shape index (κ1) is 28.5. The fraction of sp³-hybridized carbons (Fsp3) is 0.385. The molecule has 0 spiro atoms. The summed E-state index contributed by atoms with van der Waals surface area (Å²) in [5.74, 6) is -2.50. The van der Waals surface area contributed by atoms with E-state index >= 15 is 0 Å². The van der Waals surface area contributed by atoms with Crippen LogP contribution in [0.5, 0.6) is 0 Å². The molecule has 2 aromatic carbocycles. The SMILES string of the molecule is CCC(C)(CCO)OC(=O)c1ccc(C(=O)OCCOC(=O)c2ccc(C(=O)OCCO)cc2)cc1. The van der Waals surface area contributed by atoms with Gasteiger partial charge in [0, 0.05) is 13.0 Å². The Kier molecular flexibility index (Phi) is 11.0. The van der Waals surface area contributed by atoms with Crippen molar-refractivity contribution in [3.8, 4) is 0 Å². The van der Waals surface area contributed by atoms with Crippen LogP contribution >= 0.6 is 0 Å². The molecule has 0 saturated carbocycles. The van der Waals surface area contributed by atoms with E-state index in [1.54, 1.807) is 6.92 Å². The van der Waals surface area contributed by atoms with Crippen molar-refractivity contribution in [1.29, 1.82) is 0 Å². The minimum absolute atomic E-state index is 0.105. The van der Waals surface area contributed by atoms with Gasteiger partial charge in [-0.3, -0.25) is 0 Å². The van der Waals surface area contributed by atoms with Crippen LogP contribution in [0.3, 0.4) is 0 Å². The van der Waals surface area contributed by atoms with E-state index in [-0.39, 0.29) is 55.3 Å². The Morgan fingerprint density at radius 1 is 0.639 bits per heavy atom. The van der Waals surface area contributed by atoms with Gasteiger partial charge in [0.2, 0.25) is 0 Å². The number of aliphatic hydroxyl groups is 2. The van der Waals surface area contributed by atoms with Crippen molar-refractivity contribution in [3.05, 3.63) is 70.8 Å². The first-order chi connectivity index (χ1) is 17.2. The molecule has 0 aliphatic rings. The van der Waals surface area contributed by atoms with Gasteiger partial charge in [-0.1, -0.05) is 6.92 Å². The van der Waals surface area contributed by atoms with Gasteiger partial charge in [0.05, 0.1) is 28.9 Å². The number of carbonyl (C=O) groups excluding carboxylic acids is 4. The van der Waals surface area contributed by atoms with E-state index < -0.39 is 29.5 Å². The van der Waals surface area contributed by atoms with Crippen LogP contribution in [-0.4, -0.2) is 72.7 Å². The number of ether oxygens (including phenoxy) is 4. The second kappa shape index (κ2) is 14.0. The highest BCUT2D eigenvalue weighted by atomic mass is 16.6. The number of hydrogen-bond acceptors (Lipinski definition) is 10. The molecule has 1 unspecified atom stereocenters. The van der Waals surface area contributed by atoms with Gasteiger partial charge in [0.25, 0.3) is 0 Å². The molecule has 0 fully saturated rings. The molecule has 194 valence electrons. The van der Waals surface area contributed by atoms with Crippen LogP contribution < -0.4 is 0 Å². The Hall–Kier alpha value is -3.76. The van der Waals surface area contributed by atoms with Crippen molar-refractivity contribution in [2.45, 2.75) is 32.3 Å². The maximum atomic E-state index is 12.4. The summed E-state index contributed by atoms with van der Waals surface area (Å²) in [5.41, 5.74) is 0.0917. The molecule has 10 nitrogen and oxygen atoms in total. The van der Waals surface area contributed by atoms with Gasteiger partial charge in [-0.05, 0) is 61.9 Å². The van der Waals surface area contributed by atoms with Gasteiger partial charge in [0.15, 0.2) is 0 Å². The Labute approximate surface area is 208 Å². The molecule has 2 rings (SSSR count). The van der Waals surface area contributed by atoms with E-state index in [9.17, 15) is 19.2 Å². The van der Waals surface area contributed by atoms with Gasteiger partial charge < -0.3 is 29.2 Å². The fourth-order valence-electron chi connectivity index (χ4n) is 2.96. The fourth-order valence-corrected chi connectivity index (χ4v) is 2.96. The third kappa shape index (κ3) is 8.47. The summed E-state index contributed by atoms with van der Waals surface area (Å²) < 4.78 is 20.4. The number of carbonyl (C=O) groups is 4. The molecule has 36 heavy (non-hydrogen) atoms. The predicted molar refractivity (Wildman–Crippen MR) is 127 cm³/mol. The molecule has 10 heteroatoms. The van der Waals surface area contributed by atoms with Crippen molar-refractivity contribution in [2.75, 3.05) is 33.0 Å². The molecule has 0 aliphatic carbocycles. The molecule has 0 saturated heterocycles. The van der Waals surface area contributed by atoms with Crippen molar-refractivity contribution in [1.82, 2.24) is 0 Å². The van der Waals surface area contributed by atoms with E-state index in [2.05, 4.69) is 0 Å². The quantitative estimate of drug-likeness (QED) is 0.238. The second-order valence-electron chi connectivity index (χ2n) is 7.95. The van der Waals surface area contributed by atoms with Gasteiger partial charge in [-0.15, -0.1) is 0 Å². The topological polar surface area (TPSA) is 146 Å². The van der Waals surface area contributed by atoms with Gasteiger partial charge in [-0.2, -0.15) is 0 Å². The summed E-state index contributed by atoms with van der Waals surface area (Å²) in [5, 5.41) is 17.8. The lowest BCUT2D eigenvalue weighted by atomic mass is 9.99. The summed E-state index contributed by atoms with van der Waals surface area (Å²) in [6, 6.07) is 11.3. The predicted octanol–water partition coefficient (Wildman–Crippen LogP) is 2.56. The van der Waals surface area contributed by atoms with Gasteiger partial charge in [0.1, 0.15) is 25.4 Å². The number of hydrogen-bond donors (Lipinski definition) is 2. The Morgan fingerprint density at radius 3 is 1.33 bits per heavy atom. The highest BCUT2D eigenvalue weighted by Crippen LogP contribution is 2.21. The molecule has 0 radical (unpaired) electrons. The Bertz CT molecular complexity index is 1030. The molecule has 2 aromatic rings. The molecule has 0 bridgehead atoms. The van der Waals surface area contributed by atoms with E-state index in [1.165, 1.54) is 48.5 Å². The van der Waals surface area contributed by atoms with Crippen molar-refractivity contribution in [3.63, 3.8) is 0 Å². The highest BCUT2D eigenvalue weighted by Gasteiger charge is 2.27. The third-order valence-electron chi connectivity index (χ3n) is 5.31. The average Bonchev–Trinajstić information content (AvgIpc) is 2.89. The molecule has 2 N–H and O–H groups in total. The summed E-state index contributed by atoms with van der Waals surface area (Å²) >= 11 is 0. The molecular formula is C26H30O10. The van der Waals surface area contributed by atoms with E-state index in [4.69, 9.17) is 29.2 Å². The Morgan fingerprint density at radius 2 is 1.00 bits per heavy atom. The maximum Gasteiger partial charge on any atom is 0.338 e. The molecule has 0 heterocycles. The molecule has 0 aromatic heterocycles. The zero-order valence-electron chi connectivity index (χ0n) is 20.2. The van der Waals surface area contributed by atoms with E-state index in [0.29, 0.717) is 12.8 Å². The van der Waals surface area contributed by atoms with Crippen molar-refractivity contribution < 1.29 is 48.3 Å². The maximum absolute atomic E-state index is 12.4. The van der Waals surface area contributed by atoms with Gasteiger partial charge >= 0.3 is 23.9 Å². The first-order valence-electron chi connectivity index (χ1n) is 11.4. The van der Waals surface area contributed by atoms with Crippen LogP contribution in [0.4, 0.5) is 0 Å². The summed E-state index contributed by atoms with van der Waals surface area (Å²) in [6.07, 6.45) is 0.856. The summed E-state index contributed by atoms with van der Waals surface area (Å²) in [4.78, 5) is 48.4. The smallest absolute Gasteiger partial charge is 0.338 e. The second-order valence-corrected chi connectivity index (χ2v) is 7.95. The van der Waals surface area contributed by atoms with Crippen LogP contribution in [0.15, 0.2) is 48.5 Å². The Balaban J connectivity index is 1.79. The summed E-state index contributed by atoms with van der Waals surface area (Å²) in [7, 11) is 0. The zero-order valence-corrected chi connectivity index (χ0v) is 20.2. The number of esters is 4. The third-order valence-corrected chi connectivity index (χ3v) is 5.31. The van der Waals surface area contributed by atoms with Crippen LogP contribution in [0, 0.1) is 0 Å². The molecular weight excluding hydrogens is 472 g/mol. The summed E-state index contributed by atoms with van der Waals surface area (Å²) in [6.45, 7) is 2.71. The minimum Gasteiger partial charge on any atom is -0.460 e. The average molecular weight is 503 g/mol. The molecule has 0 amide bonds. The highest BCUT2D eigenvalue weighted by molar-refractivity contribution is 5.94. The largest absolute Gasteiger partial charge is 0.460 e. The number of aliphatic hydroxyl groups excluding tert-OH is 2. The monoisotopic (exact) mass is 502 g/mol. The van der Waals surface area contributed by atoms with Crippen LogP contribution in [0.2, 0.25) is 0 Å². The lowest BCUT2D eigenvalue weighted by molar-refractivity contribution is -0.0219. The van der Waals surface area contributed by atoms with Crippen molar-refractivity contribution >= 4 is 23.9 Å². The van der Waals surface area contributed by atoms with Crippen molar-refractivity contribution in [2.24, 2.45) is 0 Å². The normalized spacial score (nSPS) is 12.2. The van der Waals surface area contributed by atoms with E-state index in [1.807, 2.05) is 6.92 Å². The minimum atomic E-state index is -0.783. The van der Waals surface area contributed by atoms with Gasteiger partial charge in [-0.25, -0.2) is 19.2 Å². The lowest BCUT2D eigenvalue weighted by Gasteiger charge is -2.27. The first-order valence-corrected chi connectivity index (χ1v) is 11.4. The van der Waals surface area contributed by atoms with Crippen LogP contribution in [0.1, 0.15) is 68.1 Å².